The third kappa shape index (κ3) is 5.21. The van der Waals surface area contributed by atoms with Crippen LogP contribution in [0.1, 0.15) is 59.8 Å². The maximum Gasteiger partial charge on any atom is 0.227 e. The number of hydrogen-bond acceptors (Lipinski definition) is 2. The number of amides is 2. The van der Waals surface area contributed by atoms with Crippen LogP contribution >= 0.6 is 0 Å². The van der Waals surface area contributed by atoms with E-state index in [4.69, 9.17) is 0 Å². The highest BCUT2D eigenvalue weighted by atomic mass is 16.2. The summed E-state index contributed by atoms with van der Waals surface area (Å²) in [5.74, 6) is 0.366. The van der Waals surface area contributed by atoms with Crippen molar-refractivity contribution in [3.05, 3.63) is 0 Å². The van der Waals surface area contributed by atoms with Crippen molar-refractivity contribution in [1.29, 1.82) is 0 Å². The number of carbonyl (C=O) groups excluding carboxylic acids is 2. The maximum absolute atomic E-state index is 12.1. The first kappa shape index (κ1) is 16.0. The van der Waals surface area contributed by atoms with Gasteiger partial charge in [-0.3, -0.25) is 9.59 Å². The molecule has 4 nitrogen and oxygen atoms in total. The molecule has 1 saturated heterocycles. The molecule has 110 valence electrons. The highest BCUT2D eigenvalue weighted by Crippen LogP contribution is 2.21. The molecule has 0 atom stereocenters. The van der Waals surface area contributed by atoms with Crippen LogP contribution in [0.15, 0.2) is 0 Å². The summed E-state index contributed by atoms with van der Waals surface area (Å²) in [5, 5.41) is 3.07. The number of rotatable bonds is 4. The van der Waals surface area contributed by atoms with Gasteiger partial charge in [0.1, 0.15) is 0 Å². The minimum absolute atomic E-state index is 0.155. The van der Waals surface area contributed by atoms with Crippen LogP contribution in [-0.4, -0.2) is 35.8 Å². The molecule has 0 aromatic rings. The minimum Gasteiger partial charge on any atom is -0.353 e. The lowest BCUT2D eigenvalue weighted by molar-refractivity contribution is -0.140. The van der Waals surface area contributed by atoms with Crippen molar-refractivity contribution in [3.8, 4) is 0 Å². The van der Waals surface area contributed by atoms with Crippen LogP contribution in [0.25, 0.3) is 0 Å². The van der Waals surface area contributed by atoms with E-state index < -0.39 is 0 Å². The van der Waals surface area contributed by atoms with E-state index in [9.17, 15) is 9.59 Å². The molecule has 0 aliphatic carbocycles. The topological polar surface area (TPSA) is 49.4 Å². The normalized spacial score (nSPS) is 17.4. The second kappa shape index (κ2) is 6.92. The monoisotopic (exact) mass is 268 g/mol. The average Bonchev–Trinajstić information content (AvgIpc) is 2.35. The van der Waals surface area contributed by atoms with Gasteiger partial charge in [0.25, 0.3) is 0 Å². The summed E-state index contributed by atoms with van der Waals surface area (Å²) in [4.78, 5) is 25.7. The van der Waals surface area contributed by atoms with Gasteiger partial charge < -0.3 is 10.2 Å². The van der Waals surface area contributed by atoms with Gasteiger partial charge in [-0.25, -0.2) is 0 Å². The summed E-state index contributed by atoms with van der Waals surface area (Å²) in [6.45, 7) is 9.46. The fourth-order valence-electron chi connectivity index (χ4n) is 2.34. The Kier molecular flexibility index (Phi) is 5.83. The molecule has 1 N–H and O–H groups in total. The third-order valence-corrected chi connectivity index (χ3v) is 3.55. The van der Waals surface area contributed by atoms with Crippen molar-refractivity contribution in [2.45, 2.75) is 65.8 Å². The van der Waals surface area contributed by atoms with E-state index in [1.165, 1.54) is 0 Å². The summed E-state index contributed by atoms with van der Waals surface area (Å²) in [6.07, 6.45) is 4.37. The predicted octanol–water partition coefficient (Wildman–Crippen LogP) is 2.33. The molecular formula is C15H28N2O2. The SMILES string of the molecule is CCCCC(=O)NC1CCN(C(=O)C(C)(C)C)CC1. The van der Waals surface area contributed by atoms with Gasteiger partial charge in [0.05, 0.1) is 0 Å². The summed E-state index contributed by atoms with van der Waals surface area (Å²) >= 11 is 0. The Morgan fingerprint density at radius 1 is 1.21 bits per heavy atom. The van der Waals surface area contributed by atoms with Gasteiger partial charge in [-0.1, -0.05) is 34.1 Å². The fraction of sp³-hybridized carbons (Fsp3) is 0.867. The van der Waals surface area contributed by atoms with E-state index in [2.05, 4.69) is 12.2 Å². The summed E-state index contributed by atoms with van der Waals surface area (Å²) < 4.78 is 0. The van der Waals surface area contributed by atoms with Gasteiger partial charge in [0.15, 0.2) is 0 Å². The van der Waals surface area contributed by atoms with Gasteiger partial charge in [-0.05, 0) is 19.3 Å². The van der Waals surface area contributed by atoms with Crippen LogP contribution in [0.3, 0.4) is 0 Å². The van der Waals surface area contributed by atoms with E-state index >= 15 is 0 Å². The van der Waals surface area contributed by atoms with E-state index in [0.29, 0.717) is 6.42 Å². The molecule has 0 unspecified atom stereocenters. The lowest BCUT2D eigenvalue weighted by atomic mass is 9.93. The number of hydrogen-bond donors (Lipinski definition) is 1. The van der Waals surface area contributed by atoms with E-state index in [0.717, 1.165) is 38.8 Å². The minimum atomic E-state index is -0.308. The molecule has 1 heterocycles. The maximum atomic E-state index is 12.1. The smallest absolute Gasteiger partial charge is 0.227 e. The van der Waals surface area contributed by atoms with Crippen LogP contribution in [0.5, 0.6) is 0 Å². The molecule has 4 heteroatoms. The summed E-state index contributed by atoms with van der Waals surface area (Å²) in [5.41, 5.74) is -0.308. The van der Waals surface area contributed by atoms with Crippen LogP contribution in [0.4, 0.5) is 0 Å². The largest absolute Gasteiger partial charge is 0.353 e. The van der Waals surface area contributed by atoms with Gasteiger partial charge in [0, 0.05) is 31.0 Å². The lowest BCUT2D eigenvalue weighted by Gasteiger charge is -2.36. The van der Waals surface area contributed by atoms with Crippen molar-refractivity contribution in [2.75, 3.05) is 13.1 Å². The Morgan fingerprint density at radius 3 is 2.26 bits per heavy atom. The van der Waals surface area contributed by atoms with E-state index in [1.54, 1.807) is 0 Å². The zero-order valence-electron chi connectivity index (χ0n) is 12.8. The number of unbranched alkanes of at least 4 members (excludes halogenated alkanes) is 1. The molecule has 1 fully saturated rings. The van der Waals surface area contributed by atoms with Crippen molar-refractivity contribution >= 4 is 11.8 Å². The molecule has 1 rings (SSSR count). The molecule has 2 amide bonds. The second-order valence-corrected chi connectivity index (χ2v) is 6.49. The van der Waals surface area contributed by atoms with Gasteiger partial charge in [0.2, 0.25) is 11.8 Å². The van der Waals surface area contributed by atoms with E-state index in [1.807, 2.05) is 25.7 Å². The Labute approximate surface area is 116 Å². The first-order valence-corrected chi connectivity index (χ1v) is 7.43. The molecule has 1 aliphatic rings. The first-order valence-electron chi connectivity index (χ1n) is 7.43. The van der Waals surface area contributed by atoms with Crippen molar-refractivity contribution < 1.29 is 9.59 Å². The number of nitrogens with zero attached hydrogens (tertiary/aromatic N) is 1. The van der Waals surface area contributed by atoms with Crippen molar-refractivity contribution in [1.82, 2.24) is 10.2 Å². The molecule has 19 heavy (non-hydrogen) atoms. The average molecular weight is 268 g/mol. The molecular weight excluding hydrogens is 240 g/mol. The number of likely N-dealkylation sites (tertiary alicyclic amines) is 1. The molecule has 1 aliphatic heterocycles. The Bertz CT molecular complexity index is 313. The molecule has 0 saturated carbocycles. The summed E-state index contributed by atoms with van der Waals surface area (Å²) in [7, 11) is 0. The molecule has 0 spiro atoms. The van der Waals surface area contributed by atoms with Crippen LogP contribution in [-0.2, 0) is 9.59 Å². The lowest BCUT2D eigenvalue weighted by Crippen LogP contribution is -2.49. The first-order chi connectivity index (χ1) is 8.84. The fourth-order valence-corrected chi connectivity index (χ4v) is 2.34. The van der Waals surface area contributed by atoms with Gasteiger partial charge in [-0.2, -0.15) is 0 Å². The molecule has 0 aromatic carbocycles. The number of carbonyl (C=O) groups is 2. The van der Waals surface area contributed by atoms with Crippen LogP contribution in [0.2, 0.25) is 0 Å². The quantitative estimate of drug-likeness (QED) is 0.850. The van der Waals surface area contributed by atoms with Crippen LogP contribution < -0.4 is 5.32 Å². The highest BCUT2D eigenvalue weighted by molar-refractivity contribution is 5.81. The number of piperidine rings is 1. The molecule has 0 bridgehead atoms. The van der Waals surface area contributed by atoms with Gasteiger partial charge >= 0.3 is 0 Å². The number of nitrogens with one attached hydrogen (secondary N) is 1. The zero-order valence-corrected chi connectivity index (χ0v) is 12.8. The van der Waals surface area contributed by atoms with E-state index in [-0.39, 0.29) is 23.3 Å². The highest BCUT2D eigenvalue weighted by Gasteiger charge is 2.30. The molecule has 0 aromatic heterocycles. The Hall–Kier alpha value is -1.06. The second-order valence-electron chi connectivity index (χ2n) is 6.49. The molecule has 0 radical (unpaired) electrons. The van der Waals surface area contributed by atoms with Crippen molar-refractivity contribution in [2.24, 2.45) is 5.41 Å². The van der Waals surface area contributed by atoms with Crippen molar-refractivity contribution in [3.63, 3.8) is 0 Å². The zero-order chi connectivity index (χ0) is 14.5. The van der Waals surface area contributed by atoms with Crippen LogP contribution in [0, 0.1) is 5.41 Å². The predicted molar refractivity (Wildman–Crippen MR) is 76.7 cm³/mol. The van der Waals surface area contributed by atoms with Gasteiger partial charge in [-0.15, -0.1) is 0 Å². The Balaban J connectivity index is 2.33. The Morgan fingerprint density at radius 2 is 1.79 bits per heavy atom. The summed E-state index contributed by atoms with van der Waals surface area (Å²) in [6, 6.07) is 0.244. The third-order valence-electron chi connectivity index (χ3n) is 3.55. The standard InChI is InChI=1S/C15H28N2O2/c1-5-6-7-13(18)16-12-8-10-17(11-9-12)14(19)15(2,3)4/h12H,5-11H2,1-4H3,(H,16,18).